The Balaban J connectivity index is 2.46. The van der Waals surface area contributed by atoms with Crippen molar-refractivity contribution in [1.29, 1.82) is 0 Å². The Labute approximate surface area is 82.2 Å². The van der Waals surface area contributed by atoms with Gasteiger partial charge < -0.3 is 10.0 Å². The van der Waals surface area contributed by atoms with Crippen molar-refractivity contribution < 1.29 is 9.90 Å². The summed E-state index contributed by atoms with van der Waals surface area (Å²) in [5.41, 5.74) is 1.34. The topological polar surface area (TPSA) is 53.4 Å². The predicted octanol–water partition coefficient (Wildman–Crippen LogP) is 0.872. The number of carbonyl (C=O) groups excluding carboxylic acids is 1. The van der Waals surface area contributed by atoms with Gasteiger partial charge in [0.05, 0.1) is 17.5 Å². The molecule has 4 heteroatoms. The highest BCUT2D eigenvalue weighted by Crippen LogP contribution is 2.31. The van der Waals surface area contributed by atoms with E-state index < -0.39 is 6.10 Å². The van der Waals surface area contributed by atoms with E-state index in [1.54, 1.807) is 17.2 Å². The highest BCUT2D eigenvalue weighted by molar-refractivity contribution is 5.92. The lowest BCUT2D eigenvalue weighted by Crippen LogP contribution is -2.35. The summed E-state index contributed by atoms with van der Waals surface area (Å²) in [7, 11) is 0. The minimum atomic E-state index is -0.540. The predicted molar refractivity (Wildman–Crippen MR) is 51.8 cm³/mol. The number of aromatic nitrogens is 1. The van der Waals surface area contributed by atoms with Crippen LogP contribution >= 0.6 is 0 Å². The van der Waals surface area contributed by atoms with E-state index in [1.165, 1.54) is 6.92 Å². The van der Waals surface area contributed by atoms with Gasteiger partial charge in [0.1, 0.15) is 0 Å². The molecule has 1 unspecified atom stereocenters. The van der Waals surface area contributed by atoms with Crippen LogP contribution in [0.4, 0.5) is 5.69 Å². The van der Waals surface area contributed by atoms with Crippen LogP contribution < -0.4 is 4.90 Å². The first kappa shape index (κ1) is 9.15. The zero-order chi connectivity index (χ0) is 10.1. The normalized spacial score (nSPS) is 20.4. The third-order valence-corrected chi connectivity index (χ3v) is 2.43. The number of carbonyl (C=O) groups is 1. The maximum Gasteiger partial charge on any atom is 0.223 e. The molecule has 1 amide bonds. The second kappa shape index (κ2) is 3.38. The summed E-state index contributed by atoms with van der Waals surface area (Å²) in [6.07, 6.45) is 1.65. The van der Waals surface area contributed by atoms with Gasteiger partial charge in [-0.2, -0.15) is 0 Å². The second-order valence-corrected chi connectivity index (χ2v) is 3.38. The molecule has 2 heterocycles. The van der Waals surface area contributed by atoms with Gasteiger partial charge in [0.2, 0.25) is 5.91 Å². The van der Waals surface area contributed by atoms with Gasteiger partial charge in [-0.1, -0.05) is 0 Å². The van der Waals surface area contributed by atoms with Crippen molar-refractivity contribution in [3.05, 3.63) is 24.0 Å². The summed E-state index contributed by atoms with van der Waals surface area (Å²) in [5, 5.41) is 9.66. The van der Waals surface area contributed by atoms with E-state index in [0.717, 1.165) is 5.69 Å². The van der Waals surface area contributed by atoms with Gasteiger partial charge in [0.25, 0.3) is 0 Å². The molecule has 0 saturated heterocycles. The highest BCUT2D eigenvalue weighted by atomic mass is 16.3. The number of aliphatic hydroxyl groups is 1. The summed E-state index contributed by atoms with van der Waals surface area (Å²) in [4.78, 5) is 17.0. The van der Waals surface area contributed by atoms with E-state index in [1.807, 2.05) is 6.07 Å². The zero-order valence-electron chi connectivity index (χ0n) is 7.97. The molecular weight excluding hydrogens is 180 g/mol. The molecule has 1 atom stereocenters. The molecule has 0 aliphatic carbocycles. The van der Waals surface area contributed by atoms with Crippen molar-refractivity contribution in [2.45, 2.75) is 19.4 Å². The molecule has 74 valence electrons. The van der Waals surface area contributed by atoms with Crippen molar-refractivity contribution in [1.82, 2.24) is 4.98 Å². The number of amides is 1. The van der Waals surface area contributed by atoms with E-state index >= 15 is 0 Å². The molecule has 2 rings (SSSR count). The number of hydrogen-bond donors (Lipinski definition) is 1. The van der Waals surface area contributed by atoms with Crippen LogP contribution in [0.25, 0.3) is 0 Å². The van der Waals surface area contributed by atoms with Gasteiger partial charge in [0, 0.05) is 19.7 Å². The minimum absolute atomic E-state index is 0.00819. The average molecular weight is 192 g/mol. The van der Waals surface area contributed by atoms with E-state index in [0.29, 0.717) is 18.7 Å². The van der Waals surface area contributed by atoms with Crippen LogP contribution in [0.5, 0.6) is 0 Å². The molecule has 4 nitrogen and oxygen atoms in total. The van der Waals surface area contributed by atoms with E-state index in [2.05, 4.69) is 4.98 Å². The minimum Gasteiger partial charge on any atom is -0.387 e. The fourth-order valence-electron chi connectivity index (χ4n) is 1.73. The number of anilines is 1. The molecule has 0 fully saturated rings. The lowest BCUT2D eigenvalue weighted by molar-refractivity contribution is -0.116. The van der Waals surface area contributed by atoms with Crippen molar-refractivity contribution in [3.8, 4) is 0 Å². The van der Waals surface area contributed by atoms with Crippen LogP contribution in [-0.4, -0.2) is 22.5 Å². The Kier molecular flexibility index (Phi) is 2.21. The first-order valence-electron chi connectivity index (χ1n) is 4.61. The van der Waals surface area contributed by atoms with Gasteiger partial charge >= 0.3 is 0 Å². The van der Waals surface area contributed by atoms with Crippen LogP contribution in [0.1, 0.15) is 25.1 Å². The number of pyridine rings is 1. The van der Waals surface area contributed by atoms with E-state index in [9.17, 15) is 9.90 Å². The fourth-order valence-corrected chi connectivity index (χ4v) is 1.73. The monoisotopic (exact) mass is 192 g/mol. The van der Waals surface area contributed by atoms with Gasteiger partial charge in [0.15, 0.2) is 0 Å². The molecule has 0 bridgehead atoms. The van der Waals surface area contributed by atoms with E-state index in [4.69, 9.17) is 0 Å². The molecule has 0 saturated carbocycles. The lowest BCUT2D eigenvalue weighted by atomic mass is 10.0. The number of aliphatic hydroxyl groups excluding tert-OH is 1. The molecule has 1 N–H and O–H groups in total. The fraction of sp³-hybridized carbons (Fsp3) is 0.400. The standard InChI is InChI=1S/C10H12N2O2/c1-7(13)12-6-4-9(14)10-8(12)3-2-5-11-10/h2-3,5,9,14H,4,6H2,1H3. The van der Waals surface area contributed by atoms with Gasteiger partial charge in [-0.15, -0.1) is 0 Å². The van der Waals surface area contributed by atoms with Crippen LogP contribution in [0.15, 0.2) is 18.3 Å². The molecule has 1 aromatic rings. The maximum absolute atomic E-state index is 11.3. The quantitative estimate of drug-likeness (QED) is 0.663. The van der Waals surface area contributed by atoms with Crippen LogP contribution in [0.3, 0.4) is 0 Å². The molecular formula is C10H12N2O2. The maximum atomic E-state index is 11.3. The number of fused-ring (bicyclic) bond motifs is 1. The van der Waals surface area contributed by atoms with Crippen molar-refractivity contribution in [3.63, 3.8) is 0 Å². The third kappa shape index (κ3) is 1.37. The van der Waals surface area contributed by atoms with Crippen LogP contribution in [0.2, 0.25) is 0 Å². The Morgan fingerprint density at radius 1 is 1.71 bits per heavy atom. The molecule has 14 heavy (non-hydrogen) atoms. The first-order valence-corrected chi connectivity index (χ1v) is 4.61. The Morgan fingerprint density at radius 2 is 2.50 bits per heavy atom. The number of hydrogen-bond acceptors (Lipinski definition) is 3. The molecule has 0 spiro atoms. The first-order chi connectivity index (χ1) is 6.70. The Hall–Kier alpha value is -1.42. The van der Waals surface area contributed by atoms with Crippen LogP contribution in [-0.2, 0) is 4.79 Å². The summed E-state index contributed by atoms with van der Waals surface area (Å²) in [5.74, 6) is -0.00819. The molecule has 0 radical (unpaired) electrons. The van der Waals surface area contributed by atoms with Gasteiger partial charge in [-0.3, -0.25) is 9.78 Å². The van der Waals surface area contributed by atoms with Crippen LogP contribution in [0, 0.1) is 0 Å². The Morgan fingerprint density at radius 3 is 3.21 bits per heavy atom. The summed E-state index contributed by atoms with van der Waals surface area (Å²) < 4.78 is 0. The number of rotatable bonds is 0. The molecule has 1 aliphatic heterocycles. The summed E-state index contributed by atoms with van der Waals surface area (Å²) in [6.45, 7) is 2.09. The number of nitrogens with zero attached hydrogens (tertiary/aromatic N) is 2. The highest BCUT2D eigenvalue weighted by Gasteiger charge is 2.26. The smallest absolute Gasteiger partial charge is 0.223 e. The zero-order valence-corrected chi connectivity index (χ0v) is 7.97. The van der Waals surface area contributed by atoms with Crippen molar-refractivity contribution >= 4 is 11.6 Å². The largest absolute Gasteiger partial charge is 0.387 e. The molecule has 1 aromatic heterocycles. The van der Waals surface area contributed by atoms with Crippen molar-refractivity contribution in [2.24, 2.45) is 0 Å². The second-order valence-electron chi connectivity index (χ2n) is 3.38. The molecule has 1 aliphatic rings. The third-order valence-electron chi connectivity index (χ3n) is 2.43. The van der Waals surface area contributed by atoms with Crippen molar-refractivity contribution in [2.75, 3.05) is 11.4 Å². The van der Waals surface area contributed by atoms with Gasteiger partial charge in [-0.25, -0.2) is 0 Å². The van der Waals surface area contributed by atoms with E-state index in [-0.39, 0.29) is 5.91 Å². The molecule has 0 aromatic carbocycles. The summed E-state index contributed by atoms with van der Waals surface area (Å²) >= 11 is 0. The average Bonchev–Trinajstić information content (AvgIpc) is 2.18. The SMILES string of the molecule is CC(=O)N1CCC(O)c2ncccc21. The lowest BCUT2D eigenvalue weighted by Gasteiger charge is -2.30. The Bertz CT molecular complexity index is 365. The summed E-state index contributed by atoms with van der Waals surface area (Å²) in [6, 6.07) is 3.58. The van der Waals surface area contributed by atoms with Gasteiger partial charge in [-0.05, 0) is 18.6 Å².